The van der Waals surface area contributed by atoms with Gasteiger partial charge in [-0.05, 0) is 55.5 Å². The molecule has 0 aliphatic carbocycles. The summed E-state index contributed by atoms with van der Waals surface area (Å²) in [6, 6.07) is 13.6. The Labute approximate surface area is 148 Å². The van der Waals surface area contributed by atoms with Crippen molar-refractivity contribution in [3.8, 4) is 11.4 Å². The fourth-order valence-corrected chi connectivity index (χ4v) is 2.29. The molecule has 1 amide bonds. The Morgan fingerprint density at radius 3 is 2.46 bits per heavy atom. The lowest BCUT2D eigenvalue weighted by Crippen LogP contribution is -2.25. The van der Waals surface area contributed by atoms with Crippen molar-refractivity contribution >= 4 is 11.6 Å². The second-order valence-electron chi connectivity index (χ2n) is 5.36. The highest BCUT2D eigenvalue weighted by atomic mass is 19.1. The van der Waals surface area contributed by atoms with Crippen LogP contribution in [0.1, 0.15) is 17.4 Å². The molecule has 0 atom stereocenters. The predicted octanol–water partition coefficient (Wildman–Crippen LogP) is 3.02. The SMILES string of the molecule is CCOc1ccc(NC(=O)c2nn(-c3ccc(F)cc3)ccc2=O)cc1. The Morgan fingerprint density at radius 1 is 1.12 bits per heavy atom. The lowest BCUT2D eigenvalue weighted by molar-refractivity contribution is 0.101. The van der Waals surface area contributed by atoms with E-state index in [-0.39, 0.29) is 11.5 Å². The summed E-state index contributed by atoms with van der Waals surface area (Å²) in [6.45, 7) is 2.42. The molecule has 3 rings (SSSR count). The van der Waals surface area contributed by atoms with E-state index in [0.29, 0.717) is 23.7 Å². The molecule has 6 nitrogen and oxygen atoms in total. The van der Waals surface area contributed by atoms with E-state index in [9.17, 15) is 14.0 Å². The Bertz CT molecular complexity index is 967. The highest BCUT2D eigenvalue weighted by Crippen LogP contribution is 2.16. The standard InChI is InChI=1S/C19H16FN3O3/c1-2-26-16-9-5-14(6-10-16)21-19(25)18-17(24)11-12-23(22-18)15-7-3-13(20)4-8-15/h3-12H,2H2,1H3,(H,21,25). The van der Waals surface area contributed by atoms with E-state index in [1.807, 2.05) is 6.92 Å². The van der Waals surface area contributed by atoms with Crippen molar-refractivity contribution in [1.82, 2.24) is 9.78 Å². The van der Waals surface area contributed by atoms with Crippen LogP contribution in [0.4, 0.5) is 10.1 Å². The van der Waals surface area contributed by atoms with Gasteiger partial charge in [0.15, 0.2) is 5.69 Å². The minimum atomic E-state index is -0.629. The van der Waals surface area contributed by atoms with Crippen LogP contribution in [-0.4, -0.2) is 22.3 Å². The van der Waals surface area contributed by atoms with Crippen LogP contribution in [0.15, 0.2) is 65.6 Å². The van der Waals surface area contributed by atoms with Gasteiger partial charge in [0.25, 0.3) is 5.91 Å². The van der Waals surface area contributed by atoms with Gasteiger partial charge < -0.3 is 10.1 Å². The molecule has 0 aliphatic heterocycles. The highest BCUT2D eigenvalue weighted by Gasteiger charge is 2.14. The van der Waals surface area contributed by atoms with E-state index >= 15 is 0 Å². The number of amides is 1. The third-order valence-electron chi connectivity index (χ3n) is 3.54. The number of hydrogen-bond acceptors (Lipinski definition) is 4. The Balaban J connectivity index is 1.83. The summed E-state index contributed by atoms with van der Waals surface area (Å²) >= 11 is 0. The zero-order valence-corrected chi connectivity index (χ0v) is 14.0. The number of carbonyl (C=O) groups excluding carboxylic acids is 1. The van der Waals surface area contributed by atoms with Crippen LogP contribution in [-0.2, 0) is 0 Å². The van der Waals surface area contributed by atoms with Gasteiger partial charge in [0, 0.05) is 18.0 Å². The maximum absolute atomic E-state index is 13.0. The van der Waals surface area contributed by atoms with E-state index in [0.717, 1.165) is 0 Å². The quantitative estimate of drug-likeness (QED) is 0.765. The van der Waals surface area contributed by atoms with Crippen molar-refractivity contribution in [2.75, 3.05) is 11.9 Å². The van der Waals surface area contributed by atoms with Crippen molar-refractivity contribution in [3.63, 3.8) is 0 Å². The van der Waals surface area contributed by atoms with E-state index in [2.05, 4.69) is 10.4 Å². The molecular formula is C19H16FN3O3. The summed E-state index contributed by atoms with van der Waals surface area (Å²) in [6.07, 6.45) is 1.42. The monoisotopic (exact) mass is 353 g/mol. The van der Waals surface area contributed by atoms with Gasteiger partial charge in [-0.15, -0.1) is 0 Å². The number of rotatable bonds is 5. The van der Waals surface area contributed by atoms with Crippen LogP contribution in [0, 0.1) is 5.82 Å². The van der Waals surface area contributed by atoms with Crippen LogP contribution >= 0.6 is 0 Å². The summed E-state index contributed by atoms with van der Waals surface area (Å²) in [7, 11) is 0. The summed E-state index contributed by atoms with van der Waals surface area (Å²) in [5.41, 5.74) is 0.274. The average molecular weight is 353 g/mol. The maximum atomic E-state index is 13.0. The molecule has 132 valence electrons. The molecule has 0 radical (unpaired) electrons. The van der Waals surface area contributed by atoms with E-state index < -0.39 is 11.3 Å². The molecular weight excluding hydrogens is 337 g/mol. The molecule has 0 saturated carbocycles. The molecule has 1 N–H and O–H groups in total. The first kappa shape index (κ1) is 17.3. The lowest BCUT2D eigenvalue weighted by atomic mass is 10.2. The topological polar surface area (TPSA) is 73.2 Å². The van der Waals surface area contributed by atoms with Gasteiger partial charge in [0.05, 0.1) is 12.3 Å². The van der Waals surface area contributed by atoms with Gasteiger partial charge in [-0.3, -0.25) is 9.59 Å². The summed E-state index contributed by atoms with van der Waals surface area (Å²) < 4.78 is 19.7. The van der Waals surface area contributed by atoms with Gasteiger partial charge in [-0.2, -0.15) is 5.10 Å². The van der Waals surface area contributed by atoms with Crippen LogP contribution in [0.2, 0.25) is 0 Å². The van der Waals surface area contributed by atoms with Crippen LogP contribution in [0.5, 0.6) is 5.75 Å². The first-order valence-electron chi connectivity index (χ1n) is 7.97. The molecule has 0 aliphatic rings. The first-order valence-corrected chi connectivity index (χ1v) is 7.97. The number of carbonyl (C=O) groups is 1. The maximum Gasteiger partial charge on any atom is 0.280 e. The number of anilines is 1. The molecule has 2 aromatic carbocycles. The number of halogens is 1. The normalized spacial score (nSPS) is 10.4. The van der Waals surface area contributed by atoms with E-state index in [1.165, 1.54) is 41.2 Å². The number of nitrogens with one attached hydrogen (secondary N) is 1. The van der Waals surface area contributed by atoms with Crippen molar-refractivity contribution in [1.29, 1.82) is 0 Å². The molecule has 0 fully saturated rings. The molecule has 1 heterocycles. The third-order valence-corrected chi connectivity index (χ3v) is 3.54. The van der Waals surface area contributed by atoms with Crippen LogP contribution in [0.3, 0.4) is 0 Å². The smallest absolute Gasteiger partial charge is 0.280 e. The van der Waals surface area contributed by atoms with Crippen molar-refractivity contribution in [2.45, 2.75) is 6.92 Å². The predicted molar refractivity (Wildman–Crippen MR) is 95.4 cm³/mol. The molecule has 0 bridgehead atoms. The number of nitrogens with zero attached hydrogens (tertiary/aromatic N) is 2. The Hall–Kier alpha value is -3.48. The molecule has 0 spiro atoms. The van der Waals surface area contributed by atoms with Crippen molar-refractivity contribution in [2.24, 2.45) is 0 Å². The third kappa shape index (κ3) is 3.94. The zero-order chi connectivity index (χ0) is 18.5. The number of benzene rings is 2. The van der Waals surface area contributed by atoms with E-state index in [4.69, 9.17) is 4.74 Å². The van der Waals surface area contributed by atoms with Gasteiger partial charge in [-0.25, -0.2) is 9.07 Å². The molecule has 26 heavy (non-hydrogen) atoms. The average Bonchev–Trinajstić information content (AvgIpc) is 2.64. The molecule has 0 unspecified atom stereocenters. The van der Waals surface area contributed by atoms with Crippen molar-refractivity contribution < 1.29 is 13.9 Å². The largest absolute Gasteiger partial charge is 0.494 e. The Kier molecular flexibility index (Phi) is 5.07. The number of hydrogen-bond donors (Lipinski definition) is 1. The van der Waals surface area contributed by atoms with Crippen LogP contribution < -0.4 is 15.5 Å². The van der Waals surface area contributed by atoms with Crippen LogP contribution in [0.25, 0.3) is 5.69 Å². The van der Waals surface area contributed by atoms with Gasteiger partial charge in [-0.1, -0.05) is 0 Å². The minimum Gasteiger partial charge on any atom is -0.494 e. The van der Waals surface area contributed by atoms with Crippen molar-refractivity contribution in [3.05, 3.63) is 82.5 Å². The molecule has 3 aromatic rings. The highest BCUT2D eigenvalue weighted by molar-refractivity contribution is 6.02. The number of aromatic nitrogens is 2. The van der Waals surface area contributed by atoms with Gasteiger partial charge in [0.1, 0.15) is 11.6 Å². The minimum absolute atomic E-state index is 0.259. The Morgan fingerprint density at radius 2 is 1.81 bits per heavy atom. The zero-order valence-electron chi connectivity index (χ0n) is 14.0. The summed E-state index contributed by atoms with van der Waals surface area (Å²) in [5, 5.41) is 6.69. The second-order valence-corrected chi connectivity index (χ2v) is 5.36. The second kappa shape index (κ2) is 7.60. The first-order chi connectivity index (χ1) is 12.6. The molecule has 7 heteroatoms. The fourth-order valence-electron chi connectivity index (χ4n) is 2.29. The number of ether oxygens (including phenoxy) is 1. The summed E-state index contributed by atoms with van der Waals surface area (Å²) in [5.74, 6) is -0.333. The van der Waals surface area contributed by atoms with Gasteiger partial charge >= 0.3 is 0 Å². The molecule has 1 aromatic heterocycles. The lowest BCUT2D eigenvalue weighted by Gasteiger charge is -2.09. The summed E-state index contributed by atoms with van der Waals surface area (Å²) in [4.78, 5) is 24.4. The van der Waals surface area contributed by atoms with E-state index in [1.54, 1.807) is 24.3 Å². The fraction of sp³-hybridized carbons (Fsp3) is 0.105. The molecule has 0 saturated heterocycles. The van der Waals surface area contributed by atoms with Gasteiger partial charge in [0.2, 0.25) is 5.43 Å².